The number of carbonyl (C=O) groups is 2. The number of aryl methyl sites for hydroxylation is 2. The van der Waals surface area contributed by atoms with E-state index in [-0.39, 0.29) is 6.42 Å². The quantitative estimate of drug-likeness (QED) is 0.697. The van der Waals surface area contributed by atoms with Crippen molar-refractivity contribution in [3.63, 3.8) is 0 Å². The summed E-state index contributed by atoms with van der Waals surface area (Å²) in [7, 11) is -2.43. The van der Waals surface area contributed by atoms with E-state index in [9.17, 15) is 18.0 Å². The molecule has 0 fully saturated rings. The summed E-state index contributed by atoms with van der Waals surface area (Å²) >= 11 is 0. The van der Waals surface area contributed by atoms with Gasteiger partial charge in [0.15, 0.2) is 0 Å². The Kier molecular flexibility index (Phi) is 7.02. The second-order valence-electron chi connectivity index (χ2n) is 6.83. The third-order valence-electron chi connectivity index (χ3n) is 4.51. The van der Waals surface area contributed by atoms with Gasteiger partial charge in [-0.25, -0.2) is 13.2 Å². The molecular weight excluding hydrogens is 392 g/mol. The van der Waals surface area contributed by atoms with E-state index in [4.69, 9.17) is 0 Å². The van der Waals surface area contributed by atoms with Gasteiger partial charge in [-0.1, -0.05) is 19.1 Å². The van der Waals surface area contributed by atoms with Gasteiger partial charge in [0.25, 0.3) is 0 Å². The summed E-state index contributed by atoms with van der Waals surface area (Å²) in [6.07, 6.45) is 1.38. The number of ether oxygens (including phenoxy) is 1. The average molecular weight is 419 g/mol. The van der Waals surface area contributed by atoms with Crippen LogP contribution in [0.4, 0.5) is 11.4 Å². The van der Waals surface area contributed by atoms with Gasteiger partial charge in [-0.2, -0.15) is 0 Å². The van der Waals surface area contributed by atoms with E-state index < -0.39 is 27.9 Å². The lowest BCUT2D eigenvalue weighted by Gasteiger charge is -2.31. The third kappa shape index (κ3) is 5.35. The monoisotopic (exact) mass is 418 g/mol. The lowest BCUT2D eigenvalue weighted by Crippen LogP contribution is -2.47. The maximum atomic E-state index is 13.0. The van der Waals surface area contributed by atoms with Crippen LogP contribution in [-0.4, -0.2) is 39.7 Å². The Morgan fingerprint density at radius 2 is 1.72 bits per heavy atom. The fourth-order valence-electron chi connectivity index (χ4n) is 3.03. The van der Waals surface area contributed by atoms with Crippen LogP contribution in [0.1, 0.15) is 34.8 Å². The Hall–Kier alpha value is -2.87. The van der Waals surface area contributed by atoms with Gasteiger partial charge in [-0.3, -0.25) is 9.10 Å². The van der Waals surface area contributed by atoms with Crippen molar-refractivity contribution < 1.29 is 22.7 Å². The average Bonchev–Trinajstić information content (AvgIpc) is 2.67. The molecule has 1 atom stereocenters. The van der Waals surface area contributed by atoms with Crippen LogP contribution in [0.15, 0.2) is 42.5 Å². The maximum Gasteiger partial charge on any atom is 0.337 e. The van der Waals surface area contributed by atoms with Gasteiger partial charge < -0.3 is 10.1 Å². The number of carbonyl (C=O) groups excluding carboxylic acids is 2. The van der Waals surface area contributed by atoms with E-state index in [1.54, 1.807) is 25.1 Å². The Balaban J connectivity index is 2.36. The molecule has 2 rings (SSSR count). The summed E-state index contributed by atoms with van der Waals surface area (Å²) in [5, 5.41) is 2.74. The number of anilines is 2. The highest BCUT2D eigenvalue weighted by Gasteiger charge is 2.32. The fraction of sp³-hybridized carbons (Fsp3) is 0.333. The standard InChI is InChI=1S/C21H26N2O5S/c1-6-18(20(24)22-17-11-9-16(10-12-17)21(25)28-4)23(29(5,26)27)19-13-14(2)7-8-15(19)3/h7-13,18H,6H2,1-5H3,(H,22,24)/t18-/m1/s1. The van der Waals surface area contributed by atoms with Crippen LogP contribution in [0.2, 0.25) is 0 Å². The van der Waals surface area contributed by atoms with E-state index >= 15 is 0 Å². The van der Waals surface area contributed by atoms with Gasteiger partial charge in [0, 0.05) is 5.69 Å². The smallest absolute Gasteiger partial charge is 0.337 e. The summed E-state index contributed by atoms with van der Waals surface area (Å²) in [6, 6.07) is 10.8. The minimum Gasteiger partial charge on any atom is -0.465 e. The van der Waals surface area contributed by atoms with Crippen LogP contribution in [0.5, 0.6) is 0 Å². The highest BCUT2D eigenvalue weighted by Crippen LogP contribution is 2.28. The molecule has 0 aliphatic heterocycles. The minimum atomic E-state index is -3.72. The van der Waals surface area contributed by atoms with E-state index in [1.807, 2.05) is 26.0 Å². The van der Waals surface area contributed by atoms with Gasteiger partial charge in [0.1, 0.15) is 6.04 Å². The van der Waals surface area contributed by atoms with Crippen molar-refractivity contribution in [3.8, 4) is 0 Å². The fourth-order valence-corrected chi connectivity index (χ4v) is 4.29. The maximum absolute atomic E-state index is 13.0. The van der Waals surface area contributed by atoms with Gasteiger partial charge in [-0.15, -0.1) is 0 Å². The van der Waals surface area contributed by atoms with Crippen molar-refractivity contribution >= 4 is 33.3 Å². The van der Waals surface area contributed by atoms with Crippen molar-refractivity contribution in [2.45, 2.75) is 33.2 Å². The zero-order valence-electron chi connectivity index (χ0n) is 17.2. The van der Waals surface area contributed by atoms with Crippen LogP contribution in [0, 0.1) is 13.8 Å². The molecule has 0 aromatic heterocycles. The molecule has 0 radical (unpaired) electrons. The molecule has 1 N–H and O–H groups in total. The Bertz CT molecular complexity index is 1000. The normalized spacial score (nSPS) is 12.2. The number of benzene rings is 2. The van der Waals surface area contributed by atoms with E-state index in [0.717, 1.165) is 17.4 Å². The second kappa shape index (κ2) is 9.09. The molecular formula is C21H26N2O5S. The van der Waals surface area contributed by atoms with Crippen molar-refractivity contribution in [3.05, 3.63) is 59.2 Å². The van der Waals surface area contributed by atoms with Crippen LogP contribution in [0.25, 0.3) is 0 Å². The summed E-state index contributed by atoms with van der Waals surface area (Å²) in [4.78, 5) is 24.5. The van der Waals surface area contributed by atoms with Crippen LogP contribution in [-0.2, 0) is 19.6 Å². The first kappa shape index (κ1) is 22.4. The number of nitrogens with one attached hydrogen (secondary N) is 1. The lowest BCUT2D eigenvalue weighted by molar-refractivity contribution is -0.117. The molecule has 0 aliphatic rings. The van der Waals surface area contributed by atoms with E-state index in [2.05, 4.69) is 10.1 Å². The number of rotatable bonds is 7. The Labute approximate surface area is 171 Å². The minimum absolute atomic E-state index is 0.284. The van der Waals surface area contributed by atoms with Crippen molar-refractivity contribution in [2.24, 2.45) is 0 Å². The highest BCUT2D eigenvalue weighted by atomic mass is 32.2. The molecule has 0 aliphatic carbocycles. The first-order chi connectivity index (χ1) is 13.6. The predicted molar refractivity (Wildman–Crippen MR) is 114 cm³/mol. The van der Waals surface area contributed by atoms with Crippen molar-refractivity contribution in [1.29, 1.82) is 0 Å². The summed E-state index contributed by atoms with van der Waals surface area (Å²) in [5.74, 6) is -0.933. The van der Waals surface area contributed by atoms with E-state index in [1.165, 1.54) is 23.5 Å². The number of esters is 1. The molecule has 0 saturated heterocycles. The Morgan fingerprint density at radius 3 is 2.24 bits per heavy atom. The van der Waals surface area contributed by atoms with E-state index in [0.29, 0.717) is 16.9 Å². The molecule has 2 aromatic rings. The lowest BCUT2D eigenvalue weighted by atomic mass is 10.1. The molecule has 0 saturated carbocycles. The van der Waals surface area contributed by atoms with Gasteiger partial charge in [0.2, 0.25) is 15.9 Å². The number of methoxy groups -OCH3 is 1. The van der Waals surface area contributed by atoms with Gasteiger partial charge >= 0.3 is 5.97 Å². The largest absolute Gasteiger partial charge is 0.465 e. The third-order valence-corrected chi connectivity index (χ3v) is 5.67. The summed E-state index contributed by atoms with van der Waals surface area (Å²) < 4.78 is 31.0. The molecule has 0 spiro atoms. The Morgan fingerprint density at radius 1 is 1.10 bits per heavy atom. The number of amides is 1. The summed E-state index contributed by atoms with van der Waals surface area (Å²) in [6.45, 7) is 5.43. The number of nitrogens with zero attached hydrogens (tertiary/aromatic N) is 1. The summed E-state index contributed by atoms with van der Waals surface area (Å²) in [5.41, 5.74) is 2.94. The van der Waals surface area contributed by atoms with Crippen LogP contribution in [0.3, 0.4) is 0 Å². The predicted octanol–water partition coefficient (Wildman–Crippen LogP) is 3.27. The van der Waals surface area contributed by atoms with Gasteiger partial charge in [0.05, 0.1) is 24.6 Å². The molecule has 29 heavy (non-hydrogen) atoms. The van der Waals surface area contributed by atoms with Crippen LogP contribution >= 0.6 is 0 Å². The first-order valence-corrected chi connectivity index (χ1v) is 11.0. The highest BCUT2D eigenvalue weighted by molar-refractivity contribution is 7.92. The van der Waals surface area contributed by atoms with Crippen LogP contribution < -0.4 is 9.62 Å². The van der Waals surface area contributed by atoms with Crippen molar-refractivity contribution in [2.75, 3.05) is 23.0 Å². The second-order valence-corrected chi connectivity index (χ2v) is 8.69. The topological polar surface area (TPSA) is 92.8 Å². The van der Waals surface area contributed by atoms with Gasteiger partial charge in [-0.05, 0) is 61.7 Å². The molecule has 1 amide bonds. The first-order valence-electron chi connectivity index (χ1n) is 9.14. The SMILES string of the molecule is CC[C@H](C(=O)Nc1ccc(C(=O)OC)cc1)N(c1cc(C)ccc1C)S(C)(=O)=O. The molecule has 8 heteroatoms. The number of hydrogen-bond acceptors (Lipinski definition) is 5. The zero-order valence-corrected chi connectivity index (χ0v) is 18.0. The van der Waals surface area contributed by atoms with Crippen molar-refractivity contribution in [1.82, 2.24) is 0 Å². The molecule has 0 unspecified atom stereocenters. The molecule has 7 nitrogen and oxygen atoms in total. The molecule has 156 valence electrons. The molecule has 2 aromatic carbocycles. The number of hydrogen-bond donors (Lipinski definition) is 1. The molecule has 0 heterocycles. The number of sulfonamides is 1. The zero-order chi connectivity index (χ0) is 21.8. The molecule has 0 bridgehead atoms.